The zero-order valence-corrected chi connectivity index (χ0v) is 11.4. The second-order valence-corrected chi connectivity index (χ2v) is 4.80. The lowest BCUT2D eigenvalue weighted by atomic mass is 10.0. The number of rotatable bonds is 2. The van der Waals surface area contributed by atoms with E-state index in [-0.39, 0.29) is 15.6 Å². The van der Waals surface area contributed by atoms with Crippen LogP contribution in [0.1, 0.15) is 21.5 Å². The number of carbonyl (C=O) groups excluding carboxylic acids is 1. The molecule has 0 unspecified atom stereocenters. The van der Waals surface area contributed by atoms with E-state index in [1.54, 1.807) is 0 Å². The smallest absolute Gasteiger partial charge is 0.197 e. The number of hydrogen-bond donors (Lipinski definition) is 0. The maximum absolute atomic E-state index is 13.7. The lowest BCUT2D eigenvalue weighted by Gasteiger charge is -2.07. The van der Waals surface area contributed by atoms with Crippen LogP contribution in [0.2, 0.25) is 0 Å². The molecular formula is C14H8BrF3O. The summed E-state index contributed by atoms with van der Waals surface area (Å²) in [5.74, 6) is -2.93. The largest absolute Gasteiger partial charge is 0.288 e. The van der Waals surface area contributed by atoms with Crippen molar-refractivity contribution in [1.82, 2.24) is 0 Å². The molecule has 0 aliphatic heterocycles. The SMILES string of the molecule is Cc1cc(F)c(C(=O)c2cccc(F)c2Br)cc1F. The van der Waals surface area contributed by atoms with Gasteiger partial charge < -0.3 is 0 Å². The van der Waals surface area contributed by atoms with Gasteiger partial charge >= 0.3 is 0 Å². The molecule has 0 N–H and O–H groups in total. The zero-order valence-electron chi connectivity index (χ0n) is 9.81. The minimum absolute atomic E-state index is 0.0536. The molecule has 0 amide bonds. The minimum atomic E-state index is -0.833. The molecule has 0 spiro atoms. The fraction of sp³-hybridized carbons (Fsp3) is 0.0714. The Morgan fingerprint density at radius 3 is 2.37 bits per heavy atom. The molecular weight excluding hydrogens is 321 g/mol. The second-order valence-electron chi connectivity index (χ2n) is 4.01. The highest BCUT2D eigenvalue weighted by Gasteiger charge is 2.19. The first kappa shape index (κ1) is 13.8. The van der Waals surface area contributed by atoms with Gasteiger partial charge in [-0.25, -0.2) is 13.2 Å². The predicted octanol–water partition coefficient (Wildman–Crippen LogP) is 4.41. The Morgan fingerprint density at radius 2 is 1.68 bits per heavy atom. The van der Waals surface area contributed by atoms with E-state index in [1.807, 2.05) is 0 Å². The van der Waals surface area contributed by atoms with Gasteiger partial charge in [0.15, 0.2) is 5.78 Å². The van der Waals surface area contributed by atoms with E-state index < -0.39 is 28.8 Å². The van der Waals surface area contributed by atoms with Crippen LogP contribution in [0.25, 0.3) is 0 Å². The van der Waals surface area contributed by atoms with Crippen LogP contribution in [-0.4, -0.2) is 5.78 Å². The molecule has 0 aliphatic carbocycles. The van der Waals surface area contributed by atoms with Crippen molar-refractivity contribution in [1.29, 1.82) is 0 Å². The fourth-order valence-corrected chi connectivity index (χ4v) is 2.09. The normalized spacial score (nSPS) is 10.6. The van der Waals surface area contributed by atoms with E-state index in [4.69, 9.17) is 0 Å². The number of benzene rings is 2. The van der Waals surface area contributed by atoms with Crippen LogP contribution in [0.5, 0.6) is 0 Å². The molecule has 0 atom stereocenters. The highest BCUT2D eigenvalue weighted by atomic mass is 79.9. The van der Waals surface area contributed by atoms with Gasteiger partial charge in [0.2, 0.25) is 0 Å². The van der Waals surface area contributed by atoms with Crippen molar-refractivity contribution in [3.05, 3.63) is 68.9 Å². The van der Waals surface area contributed by atoms with Crippen LogP contribution < -0.4 is 0 Å². The number of halogens is 4. The van der Waals surface area contributed by atoms with Gasteiger partial charge in [0.05, 0.1) is 10.0 Å². The van der Waals surface area contributed by atoms with Crippen LogP contribution >= 0.6 is 15.9 Å². The molecule has 0 radical (unpaired) electrons. The summed E-state index contributed by atoms with van der Waals surface area (Å²) in [6.45, 7) is 1.39. The lowest BCUT2D eigenvalue weighted by molar-refractivity contribution is 0.103. The summed E-state index contributed by atoms with van der Waals surface area (Å²) < 4.78 is 40.4. The Kier molecular flexibility index (Phi) is 3.75. The molecule has 2 aromatic rings. The van der Waals surface area contributed by atoms with E-state index in [0.29, 0.717) is 0 Å². The van der Waals surface area contributed by atoms with Crippen molar-refractivity contribution < 1.29 is 18.0 Å². The molecule has 0 aromatic heterocycles. The lowest BCUT2D eigenvalue weighted by Crippen LogP contribution is -2.07. The van der Waals surface area contributed by atoms with Crippen LogP contribution in [0, 0.1) is 24.4 Å². The van der Waals surface area contributed by atoms with Gasteiger partial charge in [-0.2, -0.15) is 0 Å². The third-order valence-corrected chi connectivity index (χ3v) is 3.50. The Labute approximate surface area is 116 Å². The maximum atomic E-state index is 13.7. The van der Waals surface area contributed by atoms with Crippen LogP contribution in [-0.2, 0) is 0 Å². The van der Waals surface area contributed by atoms with Crippen molar-refractivity contribution in [3.8, 4) is 0 Å². The summed E-state index contributed by atoms with van der Waals surface area (Å²) in [5, 5.41) is 0. The number of hydrogen-bond acceptors (Lipinski definition) is 1. The molecule has 0 aliphatic rings. The minimum Gasteiger partial charge on any atom is -0.288 e. The van der Waals surface area contributed by atoms with Crippen molar-refractivity contribution in [3.63, 3.8) is 0 Å². The Morgan fingerprint density at radius 1 is 1.00 bits per heavy atom. The van der Waals surface area contributed by atoms with Gasteiger partial charge in [-0.05, 0) is 52.7 Å². The summed E-state index contributed by atoms with van der Waals surface area (Å²) in [6.07, 6.45) is 0. The molecule has 0 fully saturated rings. The van der Waals surface area contributed by atoms with Crippen molar-refractivity contribution in [2.75, 3.05) is 0 Å². The summed E-state index contributed by atoms with van der Waals surface area (Å²) in [5.41, 5.74) is -0.371. The molecule has 2 aromatic carbocycles. The van der Waals surface area contributed by atoms with E-state index >= 15 is 0 Å². The first-order chi connectivity index (χ1) is 8.91. The number of ketones is 1. The second kappa shape index (κ2) is 5.17. The van der Waals surface area contributed by atoms with Crippen molar-refractivity contribution >= 4 is 21.7 Å². The molecule has 5 heteroatoms. The molecule has 19 heavy (non-hydrogen) atoms. The van der Waals surface area contributed by atoms with Gasteiger partial charge in [-0.3, -0.25) is 4.79 Å². The standard InChI is InChI=1S/C14H8BrF3O/c1-7-5-12(18)9(6-11(7)17)14(19)8-3-2-4-10(16)13(8)15/h2-6H,1H3. The highest BCUT2D eigenvalue weighted by Crippen LogP contribution is 2.25. The maximum Gasteiger partial charge on any atom is 0.197 e. The number of aryl methyl sites for hydroxylation is 1. The average Bonchev–Trinajstić information content (AvgIpc) is 2.36. The van der Waals surface area contributed by atoms with Gasteiger partial charge in [-0.1, -0.05) is 6.07 Å². The van der Waals surface area contributed by atoms with Crippen LogP contribution in [0.15, 0.2) is 34.8 Å². The monoisotopic (exact) mass is 328 g/mol. The van der Waals surface area contributed by atoms with E-state index in [0.717, 1.165) is 18.2 Å². The first-order valence-corrected chi connectivity index (χ1v) is 6.15. The van der Waals surface area contributed by atoms with Crippen LogP contribution in [0.3, 0.4) is 0 Å². The fourth-order valence-electron chi connectivity index (χ4n) is 1.64. The molecule has 2 rings (SSSR count). The predicted molar refractivity (Wildman–Crippen MR) is 68.6 cm³/mol. The van der Waals surface area contributed by atoms with Gasteiger partial charge in [0.25, 0.3) is 0 Å². The van der Waals surface area contributed by atoms with Gasteiger partial charge in [0.1, 0.15) is 17.5 Å². The molecule has 0 saturated carbocycles. The molecule has 0 heterocycles. The Balaban J connectivity index is 2.56. The third-order valence-electron chi connectivity index (χ3n) is 2.69. The number of carbonyl (C=O) groups is 1. The van der Waals surface area contributed by atoms with Gasteiger partial charge in [-0.15, -0.1) is 0 Å². The van der Waals surface area contributed by atoms with Crippen LogP contribution in [0.4, 0.5) is 13.2 Å². The Bertz CT molecular complexity index is 668. The summed E-state index contributed by atoms with van der Waals surface area (Å²) in [7, 11) is 0. The van der Waals surface area contributed by atoms with E-state index in [1.165, 1.54) is 19.1 Å². The average molecular weight is 329 g/mol. The summed E-state index contributed by atoms with van der Waals surface area (Å²) >= 11 is 2.92. The summed E-state index contributed by atoms with van der Waals surface area (Å²) in [6, 6.07) is 5.59. The molecule has 98 valence electrons. The zero-order chi connectivity index (χ0) is 14.2. The quantitative estimate of drug-likeness (QED) is 0.746. The van der Waals surface area contributed by atoms with Crippen molar-refractivity contribution in [2.45, 2.75) is 6.92 Å². The molecule has 1 nitrogen and oxygen atoms in total. The van der Waals surface area contributed by atoms with E-state index in [9.17, 15) is 18.0 Å². The summed E-state index contributed by atoms with van der Waals surface area (Å²) in [4.78, 5) is 12.1. The van der Waals surface area contributed by atoms with Gasteiger partial charge in [0, 0.05) is 5.56 Å². The first-order valence-electron chi connectivity index (χ1n) is 5.36. The highest BCUT2D eigenvalue weighted by molar-refractivity contribution is 9.10. The van der Waals surface area contributed by atoms with Crippen molar-refractivity contribution in [2.24, 2.45) is 0 Å². The topological polar surface area (TPSA) is 17.1 Å². The van der Waals surface area contributed by atoms with E-state index in [2.05, 4.69) is 15.9 Å². The molecule has 0 saturated heterocycles. The molecule has 0 bridgehead atoms. The Hall–Kier alpha value is -1.62. The third kappa shape index (κ3) is 2.56.